The summed E-state index contributed by atoms with van der Waals surface area (Å²) in [7, 11) is 0. The van der Waals surface area contributed by atoms with Crippen molar-refractivity contribution in [2.24, 2.45) is 10.9 Å². The third-order valence-electron chi connectivity index (χ3n) is 5.94. The van der Waals surface area contributed by atoms with Gasteiger partial charge in [-0.1, -0.05) is 12.5 Å². The largest absolute Gasteiger partial charge is 0.337 e. The summed E-state index contributed by atoms with van der Waals surface area (Å²) in [5, 5.41) is 2.49. The first kappa shape index (κ1) is 19.2. The van der Waals surface area contributed by atoms with Gasteiger partial charge in [0.1, 0.15) is 0 Å². The van der Waals surface area contributed by atoms with E-state index in [4.69, 9.17) is 12.2 Å². The summed E-state index contributed by atoms with van der Waals surface area (Å²) in [6, 6.07) is 4.62. The van der Waals surface area contributed by atoms with Gasteiger partial charge in [0, 0.05) is 38.1 Å². The number of aliphatic imine (C=N–C) groups is 1. The van der Waals surface area contributed by atoms with Crippen molar-refractivity contribution in [2.45, 2.75) is 52.5 Å². The summed E-state index contributed by atoms with van der Waals surface area (Å²) in [6.07, 6.45) is 4.39. The highest BCUT2D eigenvalue weighted by atomic mass is 32.1. The number of nitrogens with zero attached hydrogens (tertiary/aromatic N) is 3. The SMILES string of the molecule is Cc1cc(CCN2CCN(C(=O)C3CCC3)[C@@H](C)C2)c(C)c(N=C=S)c1. The van der Waals surface area contributed by atoms with Crippen LogP contribution >= 0.6 is 12.2 Å². The van der Waals surface area contributed by atoms with Gasteiger partial charge < -0.3 is 4.90 Å². The first-order valence-corrected chi connectivity index (χ1v) is 10.1. The molecule has 4 nitrogen and oxygen atoms in total. The van der Waals surface area contributed by atoms with E-state index < -0.39 is 0 Å². The summed E-state index contributed by atoms with van der Waals surface area (Å²) in [5.74, 6) is 0.694. The molecule has 1 aromatic carbocycles. The Morgan fingerprint density at radius 2 is 2.08 bits per heavy atom. The van der Waals surface area contributed by atoms with E-state index in [1.165, 1.54) is 23.1 Å². The molecule has 1 atom stereocenters. The molecular formula is C21H29N3OS. The van der Waals surface area contributed by atoms with Gasteiger partial charge >= 0.3 is 0 Å². The minimum atomic E-state index is 0.305. The number of carbonyl (C=O) groups excluding carboxylic acids is 1. The molecule has 1 heterocycles. The molecule has 0 unspecified atom stereocenters. The number of thiocarbonyl (C=S) groups is 1. The van der Waals surface area contributed by atoms with E-state index in [0.29, 0.717) is 17.9 Å². The van der Waals surface area contributed by atoms with E-state index in [1.807, 2.05) is 0 Å². The number of rotatable bonds is 5. The van der Waals surface area contributed by atoms with Crippen LogP contribution in [-0.4, -0.2) is 53.1 Å². The van der Waals surface area contributed by atoms with Crippen LogP contribution in [0.15, 0.2) is 17.1 Å². The minimum Gasteiger partial charge on any atom is -0.337 e. The number of aryl methyl sites for hydroxylation is 1. The Kier molecular flexibility index (Phi) is 6.23. The predicted octanol–water partition coefficient (Wildman–Crippen LogP) is 3.91. The quantitative estimate of drug-likeness (QED) is 0.581. The molecule has 1 saturated carbocycles. The van der Waals surface area contributed by atoms with E-state index in [1.54, 1.807) is 0 Å². The Morgan fingerprint density at radius 1 is 1.31 bits per heavy atom. The van der Waals surface area contributed by atoms with Crippen molar-refractivity contribution >= 4 is 29.0 Å². The van der Waals surface area contributed by atoms with E-state index in [-0.39, 0.29) is 0 Å². The Bertz CT molecular complexity index is 722. The number of hydrogen-bond donors (Lipinski definition) is 0. The summed E-state index contributed by atoms with van der Waals surface area (Å²) in [6.45, 7) is 10.2. The molecule has 0 aromatic heterocycles. The Balaban J connectivity index is 1.58. The molecule has 0 radical (unpaired) electrons. The fraction of sp³-hybridized carbons (Fsp3) is 0.619. The molecule has 1 aliphatic carbocycles. The smallest absolute Gasteiger partial charge is 0.226 e. The van der Waals surface area contributed by atoms with Gasteiger partial charge in [0.05, 0.1) is 10.8 Å². The second kappa shape index (κ2) is 8.43. The second-order valence-corrected chi connectivity index (χ2v) is 8.01. The fourth-order valence-electron chi connectivity index (χ4n) is 4.07. The van der Waals surface area contributed by atoms with Crippen molar-refractivity contribution in [1.82, 2.24) is 9.80 Å². The summed E-state index contributed by atoms with van der Waals surface area (Å²) in [4.78, 5) is 21.3. The number of isothiocyanates is 1. The standard InChI is InChI=1S/C21H29N3OS/c1-15-11-19(17(3)20(12-15)22-14-26)7-8-23-9-10-24(16(2)13-23)21(25)18-5-4-6-18/h11-12,16,18H,4-10,13H2,1-3H3/t16-/m0/s1. The molecule has 1 aromatic rings. The number of hydrogen-bond acceptors (Lipinski definition) is 4. The zero-order valence-corrected chi connectivity index (χ0v) is 16.9. The zero-order valence-electron chi connectivity index (χ0n) is 16.1. The highest BCUT2D eigenvalue weighted by Gasteiger charge is 2.34. The molecule has 2 aliphatic rings. The molecule has 3 rings (SSSR count). The topological polar surface area (TPSA) is 35.9 Å². The van der Waals surface area contributed by atoms with Crippen LogP contribution in [0.5, 0.6) is 0 Å². The molecule has 5 heteroatoms. The van der Waals surface area contributed by atoms with Crippen LogP contribution in [0.3, 0.4) is 0 Å². The van der Waals surface area contributed by atoms with Crippen LogP contribution in [0.4, 0.5) is 5.69 Å². The third kappa shape index (κ3) is 4.22. The van der Waals surface area contributed by atoms with Crippen LogP contribution in [-0.2, 0) is 11.2 Å². The van der Waals surface area contributed by atoms with Crippen LogP contribution in [0, 0.1) is 19.8 Å². The van der Waals surface area contributed by atoms with Gasteiger partial charge in [0.25, 0.3) is 0 Å². The second-order valence-electron chi connectivity index (χ2n) is 7.83. The number of carbonyl (C=O) groups is 1. The molecule has 0 bridgehead atoms. The molecule has 1 saturated heterocycles. The highest BCUT2D eigenvalue weighted by molar-refractivity contribution is 7.78. The Morgan fingerprint density at radius 3 is 2.69 bits per heavy atom. The van der Waals surface area contributed by atoms with E-state index in [2.05, 4.69) is 52.9 Å². The van der Waals surface area contributed by atoms with E-state index in [0.717, 1.165) is 51.1 Å². The van der Waals surface area contributed by atoms with Gasteiger partial charge in [-0.25, -0.2) is 0 Å². The van der Waals surface area contributed by atoms with Crippen molar-refractivity contribution in [1.29, 1.82) is 0 Å². The van der Waals surface area contributed by atoms with E-state index >= 15 is 0 Å². The van der Waals surface area contributed by atoms with Crippen LogP contribution in [0.25, 0.3) is 0 Å². The van der Waals surface area contributed by atoms with Gasteiger partial charge in [-0.15, -0.1) is 0 Å². The number of amides is 1. The molecule has 26 heavy (non-hydrogen) atoms. The molecule has 1 amide bonds. The monoisotopic (exact) mass is 371 g/mol. The molecule has 140 valence electrons. The first-order chi connectivity index (χ1) is 12.5. The van der Waals surface area contributed by atoms with Crippen molar-refractivity contribution in [3.63, 3.8) is 0 Å². The maximum Gasteiger partial charge on any atom is 0.226 e. The lowest BCUT2D eigenvalue weighted by atomic mass is 9.84. The third-order valence-corrected chi connectivity index (χ3v) is 6.04. The average Bonchev–Trinajstić information content (AvgIpc) is 2.55. The summed E-state index contributed by atoms with van der Waals surface area (Å²) in [5.41, 5.74) is 4.66. The lowest BCUT2D eigenvalue weighted by molar-refractivity contribution is -0.142. The van der Waals surface area contributed by atoms with Crippen LogP contribution in [0.1, 0.15) is 42.9 Å². The molecule has 2 fully saturated rings. The van der Waals surface area contributed by atoms with Crippen LogP contribution in [0.2, 0.25) is 0 Å². The van der Waals surface area contributed by atoms with Gasteiger partial charge in [-0.3, -0.25) is 9.69 Å². The normalized spacial score (nSPS) is 21.2. The summed E-state index contributed by atoms with van der Waals surface area (Å²) >= 11 is 4.77. The van der Waals surface area contributed by atoms with Gasteiger partial charge in [0.15, 0.2) is 0 Å². The minimum absolute atomic E-state index is 0.305. The van der Waals surface area contributed by atoms with Gasteiger partial charge in [-0.05, 0) is 75.0 Å². The fourth-order valence-corrected chi connectivity index (χ4v) is 4.17. The van der Waals surface area contributed by atoms with Crippen molar-refractivity contribution < 1.29 is 4.79 Å². The maximum atomic E-state index is 12.5. The molecular weight excluding hydrogens is 342 g/mol. The van der Waals surface area contributed by atoms with Crippen molar-refractivity contribution in [3.05, 3.63) is 28.8 Å². The zero-order chi connectivity index (χ0) is 18.7. The van der Waals surface area contributed by atoms with E-state index in [9.17, 15) is 4.79 Å². The van der Waals surface area contributed by atoms with Gasteiger partial charge in [-0.2, -0.15) is 4.99 Å². The lowest BCUT2D eigenvalue weighted by Crippen LogP contribution is -2.56. The Labute approximate surface area is 162 Å². The lowest BCUT2D eigenvalue weighted by Gasteiger charge is -2.42. The summed E-state index contributed by atoms with van der Waals surface area (Å²) < 4.78 is 0. The molecule has 1 aliphatic heterocycles. The van der Waals surface area contributed by atoms with Gasteiger partial charge in [0.2, 0.25) is 5.91 Å². The number of piperazine rings is 1. The van der Waals surface area contributed by atoms with Crippen molar-refractivity contribution in [3.8, 4) is 0 Å². The first-order valence-electron chi connectivity index (χ1n) is 9.70. The predicted molar refractivity (Wildman–Crippen MR) is 109 cm³/mol. The molecule has 0 N–H and O–H groups in total. The van der Waals surface area contributed by atoms with Crippen molar-refractivity contribution in [2.75, 3.05) is 26.2 Å². The Hall–Kier alpha value is -1.55. The highest BCUT2D eigenvalue weighted by Crippen LogP contribution is 2.30. The maximum absolute atomic E-state index is 12.5. The van der Waals surface area contributed by atoms with Crippen LogP contribution < -0.4 is 0 Å². The molecule has 0 spiro atoms. The number of benzene rings is 1. The average molecular weight is 372 g/mol.